The molecule has 1 aliphatic carbocycles. The van der Waals surface area contributed by atoms with Gasteiger partial charge in [-0.25, -0.2) is 8.42 Å². The number of amides is 2. The van der Waals surface area contributed by atoms with E-state index >= 15 is 0 Å². The van der Waals surface area contributed by atoms with Crippen LogP contribution in [0.3, 0.4) is 0 Å². The van der Waals surface area contributed by atoms with E-state index in [1.807, 2.05) is 12.1 Å². The van der Waals surface area contributed by atoms with Gasteiger partial charge in [-0.05, 0) is 68.1 Å². The summed E-state index contributed by atoms with van der Waals surface area (Å²) in [6, 6.07) is 21.4. The molecule has 1 N–H and O–H groups in total. The molecule has 1 fully saturated rings. The van der Waals surface area contributed by atoms with E-state index in [0.717, 1.165) is 35.6 Å². The summed E-state index contributed by atoms with van der Waals surface area (Å²) in [7, 11) is -4.09. The second-order valence-corrected chi connectivity index (χ2v) is 12.2. The van der Waals surface area contributed by atoms with Crippen molar-refractivity contribution in [3.63, 3.8) is 0 Å². The molecule has 0 aromatic heterocycles. The summed E-state index contributed by atoms with van der Waals surface area (Å²) in [5.41, 5.74) is 1.85. The van der Waals surface area contributed by atoms with Gasteiger partial charge in [-0.15, -0.1) is 0 Å². The van der Waals surface area contributed by atoms with Crippen LogP contribution in [-0.2, 0) is 26.2 Å². The standard InChI is InChI=1S/C30H34ClN3O4S/c1-22-11-6-9-18-28(22)34(39(37,38)27-16-4-3-5-17-27)21-29(35)33(20-24-12-10-13-25(31)19-24)23(2)30(36)32-26-14-7-8-15-26/h3-6,9-13,16-19,23,26H,7-8,14-15,20-21H2,1-2H3,(H,32,36)/t23-/m1/s1. The second-order valence-electron chi connectivity index (χ2n) is 9.93. The molecule has 3 aromatic rings. The molecule has 0 bridgehead atoms. The van der Waals surface area contributed by atoms with Gasteiger partial charge in [-0.2, -0.15) is 0 Å². The number of nitrogens with one attached hydrogen (secondary N) is 1. The molecule has 0 unspecified atom stereocenters. The zero-order valence-corrected chi connectivity index (χ0v) is 23.8. The number of halogens is 1. The van der Waals surface area contributed by atoms with E-state index in [2.05, 4.69) is 5.32 Å². The normalized spacial score (nSPS) is 14.5. The van der Waals surface area contributed by atoms with Crippen molar-refractivity contribution in [2.75, 3.05) is 10.8 Å². The van der Waals surface area contributed by atoms with Gasteiger partial charge in [0.2, 0.25) is 11.8 Å². The first-order chi connectivity index (χ1) is 18.7. The van der Waals surface area contributed by atoms with Crippen LogP contribution in [0.15, 0.2) is 83.8 Å². The summed E-state index contributed by atoms with van der Waals surface area (Å²) in [5, 5.41) is 3.58. The average Bonchev–Trinajstić information content (AvgIpc) is 3.44. The maximum Gasteiger partial charge on any atom is 0.264 e. The van der Waals surface area contributed by atoms with Crippen LogP contribution in [0.2, 0.25) is 5.02 Å². The van der Waals surface area contributed by atoms with Crippen LogP contribution in [0.1, 0.15) is 43.7 Å². The summed E-state index contributed by atoms with van der Waals surface area (Å²) >= 11 is 6.20. The lowest BCUT2D eigenvalue weighted by atomic mass is 10.1. The molecular weight excluding hydrogens is 534 g/mol. The molecule has 206 valence electrons. The number of hydrogen-bond donors (Lipinski definition) is 1. The summed E-state index contributed by atoms with van der Waals surface area (Å²) in [6.07, 6.45) is 3.95. The highest BCUT2D eigenvalue weighted by Gasteiger charge is 2.33. The topological polar surface area (TPSA) is 86.8 Å². The van der Waals surface area contributed by atoms with Gasteiger partial charge in [0.1, 0.15) is 12.6 Å². The molecule has 39 heavy (non-hydrogen) atoms. The molecule has 0 saturated heterocycles. The zero-order chi connectivity index (χ0) is 28.0. The maximum absolute atomic E-state index is 14.0. The van der Waals surface area contributed by atoms with E-state index in [1.54, 1.807) is 68.4 Å². The van der Waals surface area contributed by atoms with Crippen molar-refractivity contribution < 1.29 is 18.0 Å². The molecule has 0 radical (unpaired) electrons. The van der Waals surface area contributed by atoms with E-state index < -0.39 is 28.5 Å². The summed E-state index contributed by atoms with van der Waals surface area (Å²) < 4.78 is 28.8. The Morgan fingerprint density at radius 3 is 2.31 bits per heavy atom. The van der Waals surface area contributed by atoms with Crippen LogP contribution in [0.25, 0.3) is 0 Å². The van der Waals surface area contributed by atoms with Crippen molar-refractivity contribution in [3.8, 4) is 0 Å². The monoisotopic (exact) mass is 567 g/mol. The first-order valence-electron chi connectivity index (χ1n) is 13.1. The predicted molar refractivity (Wildman–Crippen MR) is 154 cm³/mol. The summed E-state index contributed by atoms with van der Waals surface area (Å²) in [6.45, 7) is 3.11. The third-order valence-corrected chi connectivity index (χ3v) is 9.11. The van der Waals surface area contributed by atoms with Crippen LogP contribution >= 0.6 is 11.6 Å². The average molecular weight is 568 g/mol. The van der Waals surface area contributed by atoms with Crippen molar-refractivity contribution in [1.29, 1.82) is 0 Å². The zero-order valence-electron chi connectivity index (χ0n) is 22.2. The van der Waals surface area contributed by atoms with Crippen LogP contribution < -0.4 is 9.62 Å². The van der Waals surface area contributed by atoms with Gasteiger partial charge in [0.05, 0.1) is 10.6 Å². The minimum Gasteiger partial charge on any atom is -0.352 e. The van der Waals surface area contributed by atoms with Gasteiger partial charge < -0.3 is 10.2 Å². The van der Waals surface area contributed by atoms with Crippen molar-refractivity contribution in [2.45, 2.75) is 63.1 Å². The molecule has 3 aromatic carbocycles. The Labute approximate surface area is 235 Å². The number of rotatable bonds is 10. The minimum atomic E-state index is -4.09. The Kier molecular flexibility index (Phi) is 9.30. The molecule has 4 rings (SSSR count). The van der Waals surface area contributed by atoms with Crippen LogP contribution in [0.4, 0.5) is 5.69 Å². The predicted octanol–water partition coefficient (Wildman–Crippen LogP) is 5.32. The molecular formula is C30H34ClN3O4S. The summed E-state index contributed by atoms with van der Waals surface area (Å²) in [4.78, 5) is 28.8. The third-order valence-electron chi connectivity index (χ3n) is 7.11. The number of sulfonamides is 1. The number of carbonyl (C=O) groups excluding carboxylic acids is 2. The van der Waals surface area contributed by atoms with Crippen molar-refractivity contribution in [3.05, 3.63) is 95.0 Å². The lowest BCUT2D eigenvalue weighted by Crippen LogP contribution is -2.52. The number of carbonyl (C=O) groups is 2. The Morgan fingerprint density at radius 2 is 1.64 bits per heavy atom. The number of aryl methyl sites for hydroxylation is 1. The Morgan fingerprint density at radius 1 is 0.974 bits per heavy atom. The van der Waals surface area contributed by atoms with Gasteiger partial charge in [0.15, 0.2) is 0 Å². The van der Waals surface area contributed by atoms with Crippen molar-refractivity contribution in [1.82, 2.24) is 10.2 Å². The number of para-hydroxylation sites is 1. The number of anilines is 1. The van der Waals surface area contributed by atoms with Gasteiger partial charge in [-0.1, -0.05) is 73.0 Å². The third kappa shape index (κ3) is 6.99. The largest absolute Gasteiger partial charge is 0.352 e. The van der Waals surface area contributed by atoms with Crippen LogP contribution in [-0.4, -0.2) is 43.8 Å². The first kappa shape index (κ1) is 28.6. The lowest BCUT2D eigenvalue weighted by molar-refractivity contribution is -0.139. The molecule has 1 aliphatic rings. The fourth-order valence-electron chi connectivity index (χ4n) is 4.88. The first-order valence-corrected chi connectivity index (χ1v) is 15.0. The second kappa shape index (κ2) is 12.7. The smallest absolute Gasteiger partial charge is 0.264 e. The lowest BCUT2D eigenvalue weighted by Gasteiger charge is -2.33. The van der Waals surface area contributed by atoms with E-state index in [1.165, 1.54) is 17.0 Å². The van der Waals surface area contributed by atoms with Gasteiger partial charge in [-0.3, -0.25) is 13.9 Å². The van der Waals surface area contributed by atoms with Crippen LogP contribution in [0.5, 0.6) is 0 Å². The van der Waals surface area contributed by atoms with Gasteiger partial charge >= 0.3 is 0 Å². The number of benzene rings is 3. The molecule has 0 spiro atoms. The van der Waals surface area contributed by atoms with E-state index in [9.17, 15) is 18.0 Å². The molecule has 9 heteroatoms. The van der Waals surface area contributed by atoms with Gasteiger partial charge in [0, 0.05) is 17.6 Å². The molecule has 2 amide bonds. The number of nitrogens with zero attached hydrogens (tertiary/aromatic N) is 2. The molecule has 1 saturated carbocycles. The SMILES string of the molecule is Cc1ccccc1N(CC(=O)N(Cc1cccc(Cl)c1)[C@H](C)C(=O)NC1CCCC1)S(=O)(=O)c1ccccc1. The van der Waals surface area contributed by atoms with E-state index in [-0.39, 0.29) is 23.4 Å². The Hall–Kier alpha value is -3.36. The maximum atomic E-state index is 14.0. The number of hydrogen-bond acceptors (Lipinski definition) is 4. The van der Waals surface area contributed by atoms with Gasteiger partial charge in [0.25, 0.3) is 10.0 Å². The minimum absolute atomic E-state index is 0.0782. The fourth-order valence-corrected chi connectivity index (χ4v) is 6.60. The molecule has 7 nitrogen and oxygen atoms in total. The Balaban J connectivity index is 1.69. The highest BCUT2D eigenvalue weighted by molar-refractivity contribution is 7.92. The van der Waals surface area contributed by atoms with Crippen molar-refractivity contribution >= 4 is 39.1 Å². The fraction of sp³-hybridized carbons (Fsp3) is 0.333. The highest BCUT2D eigenvalue weighted by atomic mass is 35.5. The Bertz CT molecular complexity index is 1410. The quantitative estimate of drug-likeness (QED) is 0.359. The van der Waals surface area contributed by atoms with Crippen LogP contribution in [0, 0.1) is 6.92 Å². The molecule has 0 aliphatic heterocycles. The highest BCUT2D eigenvalue weighted by Crippen LogP contribution is 2.27. The van der Waals surface area contributed by atoms with E-state index in [4.69, 9.17) is 11.6 Å². The summed E-state index contributed by atoms with van der Waals surface area (Å²) in [5.74, 6) is -0.752. The van der Waals surface area contributed by atoms with E-state index in [0.29, 0.717) is 16.3 Å². The molecule has 1 atom stereocenters. The molecule has 0 heterocycles. The van der Waals surface area contributed by atoms with Crippen molar-refractivity contribution in [2.24, 2.45) is 0 Å².